The third kappa shape index (κ3) is 2.42. The van der Waals surface area contributed by atoms with Crippen molar-refractivity contribution in [3.8, 4) is 5.75 Å². The molecule has 3 fully saturated rings. The Kier molecular flexibility index (Phi) is 3.96. The maximum atomic E-state index is 13.2. The van der Waals surface area contributed by atoms with Crippen LogP contribution in [-0.2, 0) is 9.59 Å². The average molecular weight is 363 g/mol. The first-order chi connectivity index (χ1) is 13.2. The van der Waals surface area contributed by atoms with E-state index in [1.165, 1.54) is 35.3 Å². The van der Waals surface area contributed by atoms with Crippen molar-refractivity contribution in [2.24, 2.45) is 23.7 Å². The van der Waals surface area contributed by atoms with E-state index in [0.717, 1.165) is 18.6 Å². The Morgan fingerprint density at radius 2 is 1.52 bits per heavy atom. The van der Waals surface area contributed by atoms with Crippen molar-refractivity contribution in [1.29, 1.82) is 0 Å². The van der Waals surface area contributed by atoms with Crippen LogP contribution in [0.2, 0.25) is 0 Å². The predicted octanol–water partition coefficient (Wildman–Crippen LogP) is 4.27. The summed E-state index contributed by atoms with van der Waals surface area (Å²) in [7, 11) is 0. The highest BCUT2D eigenvalue weighted by Crippen LogP contribution is 2.58. The van der Waals surface area contributed by atoms with Crippen LogP contribution in [0.5, 0.6) is 5.75 Å². The maximum absolute atomic E-state index is 13.2. The summed E-state index contributed by atoms with van der Waals surface area (Å²) in [5.41, 5.74) is 3.61. The molecule has 3 aliphatic carbocycles. The molecule has 27 heavy (non-hydrogen) atoms. The lowest BCUT2D eigenvalue weighted by Gasteiger charge is -2.23. The number of imide groups is 1. The van der Waals surface area contributed by atoms with Crippen LogP contribution in [0.1, 0.15) is 39.0 Å². The molecule has 4 nitrogen and oxygen atoms in total. The van der Waals surface area contributed by atoms with Crippen LogP contribution in [0.25, 0.3) is 0 Å². The summed E-state index contributed by atoms with van der Waals surface area (Å²) >= 11 is 0. The Labute approximate surface area is 159 Å². The van der Waals surface area contributed by atoms with Gasteiger partial charge >= 0.3 is 0 Å². The fourth-order valence-electron chi connectivity index (χ4n) is 5.61. The maximum Gasteiger partial charge on any atom is 0.238 e. The molecule has 0 aromatic heterocycles. The van der Waals surface area contributed by atoms with E-state index in [9.17, 15) is 9.59 Å². The van der Waals surface area contributed by atoms with Gasteiger partial charge < -0.3 is 4.74 Å². The lowest BCUT2D eigenvalue weighted by molar-refractivity contribution is -0.122. The van der Waals surface area contributed by atoms with Gasteiger partial charge in [0.15, 0.2) is 0 Å². The summed E-state index contributed by atoms with van der Waals surface area (Å²) in [4.78, 5) is 27.9. The molecule has 2 bridgehead atoms. The summed E-state index contributed by atoms with van der Waals surface area (Å²) < 4.78 is 5.47. The van der Waals surface area contributed by atoms with E-state index in [2.05, 4.69) is 12.2 Å². The minimum absolute atomic E-state index is 0.0279. The topological polar surface area (TPSA) is 46.6 Å². The number of ether oxygens (including phenoxy) is 1. The fraction of sp³-hybridized carbons (Fsp3) is 0.478. The number of rotatable bonds is 3. The van der Waals surface area contributed by atoms with Gasteiger partial charge in [-0.15, -0.1) is 0 Å². The van der Waals surface area contributed by atoms with Crippen molar-refractivity contribution in [3.63, 3.8) is 0 Å². The summed E-state index contributed by atoms with van der Waals surface area (Å²) in [5.74, 6) is 0.563. The van der Waals surface area contributed by atoms with E-state index >= 15 is 0 Å². The Hall–Kier alpha value is -2.36. The number of benzene rings is 1. The van der Waals surface area contributed by atoms with Crippen molar-refractivity contribution in [3.05, 3.63) is 47.6 Å². The van der Waals surface area contributed by atoms with E-state index in [4.69, 9.17) is 4.74 Å². The molecule has 1 aliphatic heterocycles. The van der Waals surface area contributed by atoms with Crippen LogP contribution in [-0.4, -0.2) is 18.4 Å². The van der Waals surface area contributed by atoms with Crippen LogP contribution in [0.4, 0.5) is 5.69 Å². The predicted molar refractivity (Wildman–Crippen MR) is 103 cm³/mol. The summed E-state index contributed by atoms with van der Waals surface area (Å²) in [5, 5.41) is 0. The molecule has 1 aromatic carbocycles. The number of anilines is 1. The minimum atomic E-state index is -0.205. The van der Waals surface area contributed by atoms with Gasteiger partial charge in [-0.05, 0) is 56.9 Å². The van der Waals surface area contributed by atoms with Crippen molar-refractivity contribution in [2.75, 3.05) is 11.5 Å². The molecule has 4 atom stereocenters. The van der Waals surface area contributed by atoms with Gasteiger partial charge in [0.2, 0.25) is 11.8 Å². The number of hydrogen-bond acceptors (Lipinski definition) is 3. The molecule has 2 saturated carbocycles. The molecule has 1 saturated heterocycles. The monoisotopic (exact) mass is 363 g/mol. The molecule has 0 radical (unpaired) electrons. The van der Waals surface area contributed by atoms with Crippen LogP contribution in [0.15, 0.2) is 47.6 Å². The molecule has 1 heterocycles. The zero-order chi connectivity index (χ0) is 18.5. The number of allylic oxidation sites excluding steroid dienone is 4. The fourth-order valence-corrected chi connectivity index (χ4v) is 5.61. The molecule has 4 aliphatic rings. The normalized spacial score (nSPS) is 31.8. The van der Waals surface area contributed by atoms with Gasteiger partial charge in [0.1, 0.15) is 5.75 Å². The Balaban J connectivity index is 1.46. The number of fused-ring (bicyclic) bond motifs is 5. The molecule has 2 amide bonds. The Morgan fingerprint density at radius 3 is 2.07 bits per heavy atom. The van der Waals surface area contributed by atoms with Crippen LogP contribution in [0.3, 0.4) is 0 Å². The molecule has 0 N–H and O–H groups in total. The van der Waals surface area contributed by atoms with Gasteiger partial charge in [-0.3, -0.25) is 9.59 Å². The van der Waals surface area contributed by atoms with Crippen molar-refractivity contribution >= 4 is 17.5 Å². The molecular formula is C23H25NO3. The molecule has 140 valence electrons. The van der Waals surface area contributed by atoms with E-state index in [0.29, 0.717) is 12.3 Å². The van der Waals surface area contributed by atoms with Crippen LogP contribution < -0.4 is 9.64 Å². The number of nitrogens with zero attached hydrogens (tertiary/aromatic N) is 1. The van der Waals surface area contributed by atoms with Crippen molar-refractivity contribution in [2.45, 2.75) is 39.0 Å². The zero-order valence-corrected chi connectivity index (χ0v) is 15.7. The number of carbonyl (C=O) groups is 2. The molecule has 1 aromatic rings. The highest BCUT2D eigenvalue weighted by molar-refractivity contribution is 6.23. The van der Waals surface area contributed by atoms with Gasteiger partial charge in [0.25, 0.3) is 0 Å². The molecule has 0 unspecified atom stereocenters. The van der Waals surface area contributed by atoms with Gasteiger partial charge in [0, 0.05) is 11.8 Å². The van der Waals surface area contributed by atoms with Crippen molar-refractivity contribution < 1.29 is 14.3 Å². The first-order valence-electron chi connectivity index (χ1n) is 10.2. The summed E-state index contributed by atoms with van der Waals surface area (Å²) in [6.45, 7) is 2.53. The lowest BCUT2D eigenvalue weighted by Crippen LogP contribution is -2.33. The smallest absolute Gasteiger partial charge is 0.238 e. The van der Waals surface area contributed by atoms with Crippen LogP contribution >= 0.6 is 0 Å². The minimum Gasteiger partial charge on any atom is -0.494 e. The van der Waals surface area contributed by atoms with E-state index in [1.54, 1.807) is 0 Å². The third-order valence-electron chi connectivity index (χ3n) is 6.69. The SMILES string of the molecule is CCOc1ccc(N2C(=O)[C@@H]3[C@@H](C2=O)[C@H]2C=C[C@@H]3C2=C2CCCCC2)cc1. The van der Waals surface area contributed by atoms with Crippen molar-refractivity contribution in [1.82, 2.24) is 0 Å². The van der Waals surface area contributed by atoms with Gasteiger partial charge in [-0.2, -0.15) is 0 Å². The van der Waals surface area contributed by atoms with E-state index in [1.807, 2.05) is 31.2 Å². The Bertz CT molecular complexity index is 809. The first-order valence-corrected chi connectivity index (χ1v) is 10.2. The molecule has 4 heteroatoms. The highest BCUT2D eigenvalue weighted by Gasteiger charge is 2.62. The number of carbonyl (C=O) groups excluding carboxylic acids is 2. The second kappa shape index (κ2) is 6.36. The average Bonchev–Trinajstić information content (AvgIpc) is 3.33. The number of amides is 2. The number of hydrogen-bond donors (Lipinski definition) is 0. The largest absolute Gasteiger partial charge is 0.494 e. The summed E-state index contributed by atoms with van der Waals surface area (Å²) in [6.07, 6.45) is 10.5. The second-order valence-electron chi connectivity index (χ2n) is 8.05. The first kappa shape index (κ1) is 16.8. The van der Waals surface area contributed by atoms with E-state index in [-0.39, 0.29) is 35.5 Å². The lowest BCUT2D eigenvalue weighted by atomic mass is 9.85. The molecule has 5 rings (SSSR count). The Morgan fingerprint density at radius 1 is 0.926 bits per heavy atom. The molecule has 0 spiro atoms. The van der Waals surface area contributed by atoms with Gasteiger partial charge in [-0.25, -0.2) is 4.90 Å². The zero-order valence-electron chi connectivity index (χ0n) is 15.7. The third-order valence-corrected chi connectivity index (χ3v) is 6.69. The quantitative estimate of drug-likeness (QED) is 0.595. The van der Waals surface area contributed by atoms with E-state index < -0.39 is 0 Å². The summed E-state index contributed by atoms with van der Waals surface area (Å²) in [6, 6.07) is 7.29. The second-order valence-corrected chi connectivity index (χ2v) is 8.05. The van der Waals surface area contributed by atoms with Gasteiger partial charge in [0.05, 0.1) is 24.1 Å². The standard InChI is InChI=1S/C23H25NO3/c1-2-27-16-10-8-15(9-11-16)24-22(25)20-17-12-13-18(21(20)23(24)26)19(17)14-6-4-3-5-7-14/h8-13,17-18,20-21H,2-7H2,1H3/t17-,18+,20-,21-/m0/s1. The highest BCUT2D eigenvalue weighted by atomic mass is 16.5. The van der Waals surface area contributed by atoms with Gasteiger partial charge in [-0.1, -0.05) is 29.7 Å². The van der Waals surface area contributed by atoms with Crippen LogP contribution in [0, 0.1) is 23.7 Å². The molecular weight excluding hydrogens is 338 g/mol.